The van der Waals surface area contributed by atoms with Crippen molar-refractivity contribution >= 4 is 28.9 Å². The maximum Gasteiger partial charge on any atom is 0.262 e. The van der Waals surface area contributed by atoms with E-state index in [1.54, 1.807) is 30.3 Å². The Bertz CT molecular complexity index is 1240. The Hall–Kier alpha value is -3.31. The molecule has 4 nitrogen and oxygen atoms in total. The first-order chi connectivity index (χ1) is 13.1. The molecule has 3 aromatic carbocycles. The highest BCUT2D eigenvalue weighted by molar-refractivity contribution is 7.71. The van der Waals surface area contributed by atoms with Gasteiger partial charge in [0.05, 0.1) is 17.4 Å². The summed E-state index contributed by atoms with van der Waals surface area (Å²) in [6.07, 6.45) is 0. The van der Waals surface area contributed by atoms with Crippen molar-refractivity contribution in [2.24, 2.45) is 0 Å². The number of aromatic nitrogens is 2. The maximum atomic E-state index is 13.0. The molecule has 0 atom stereocenters. The summed E-state index contributed by atoms with van der Waals surface area (Å²) in [6, 6.07) is 23.8. The second-order valence-electron chi connectivity index (χ2n) is 6.26. The van der Waals surface area contributed by atoms with Crippen molar-refractivity contribution in [2.45, 2.75) is 6.54 Å². The molecule has 0 spiro atoms. The molecule has 1 aromatic heterocycles. The van der Waals surface area contributed by atoms with E-state index in [9.17, 15) is 9.59 Å². The minimum Gasteiger partial charge on any atom is -0.332 e. The van der Waals surface area contributed by atoms with Gasteiger partial charge in [-0.25, -0.2) is 0 Å². The SMILES string of the molecule is O=C(c1ccccc1)c1ccc2[nH]c(=S)n(Cc3ccccc3)c(=O)c2c1. The number of rotatable bonds is 4. The van der Waals surface area contributed by atoms with Crippen LogP contribution in [0.1, 0.15) is 21.5 Å². The van der Waals surface area contributed by atoms with Gasteiger partial charge in [-0.1, -0.05) is 60.7 Å². The van der Waals surface area contributed by atoms with E-state index in [1.165, 1.54) is 4.57 Å². The standard InChI is InChI=1S/C22H16N2O2S/c25-20(16-9-5-2-6-10-16)17-11-12-19-18(13-17)21(26)24(22(27)23-19)14-15-7-3-1-4-8-15/h1-13H,14H2,(H,23,27). The second-order valence-corrected chi connectivity index (χ2v) is 6.65. The average Bonchev–Trinajstić information content (AvgIpc) is 2.72. The van der Waals surface area contributed by atoms with Crippen LogP contribution in [0.2, 0.25) is 0 Å². The lowest BCUT2D eigenvalue weighted by molar-refractivity contribution is 0.103. The number of hydrogen-bond acceptors (Lipinski definition) is 3. The molecule has 4 aromatic rings. The number of aromatic amines is 1. The van der Waals surface area contributed by atoms with Crippen molar-refractivity contribution in [3.63, 3.8) is 0 Å². The topological polar surface area (TPSA) is 54.9 Å². The summed E-state index contributed by atoms with van der Waals surface area (Å²) < 4.78 is 1.88. The molecule has 0 radical (unpaired) electrons. The zero-order valence-electron chi connectivity index (χ0n) is 14.4. The molecule has 0 saturated heterocycles. The Morgan fingerprint density at radius 2 is 1.56 bits per heavy atom. The summed E-state index contributed by atoms with van der Waals surface area (Å²) in [6.45, 7) is 0.377. The molecule has 0 aliphatic rings. The molecular formula is C22H16N2O2S. The van der Waals surface area contributed by atoms with Gasteiger partial charge in [-0.2, -0.15) is 0 Å². The number of H-pyrrole nitrogens is 1. The molecular weight excluding hydrogens is 356 g/mol. The predicted molar refractivity (Wildman–Crippen MR) is 109 cm³/mol. The van der Waals surface area contributed by atoms with Crippen LogP contribution in [0.5, 0.6) is 0 Å². The Morgan fingerprint density at radius 3 is 2.26 bits per heavy atom. The maximum absolute atomic E-state index is 13.0. The van der Waals surface area contributed by atoms with Gasteiger partial charge in [0.15, 0.2) is 10.6 Å². The van der Waals surface area contributed by atoms with E-state index < -0.39 is 0 Å². The first kappa shape index (κ1) is 17.1. The Kier molecular flexibility index (Phi) is 4.52. The van der Waals surface area contributed by atoms with Crippen LogP contribution in [0, 0.1) is 4.77 Å². The summed E-state index contributed by atoms with van der Waals surface area (Å²) in [5.74, 6) is -0.117. The highest BCUT2D eigenvalue weighted by Crippen LogP contribution is 2.15. The minimum atomic E-state index is -0.208. The van der Waals surface area contributed by atoms with Crippen molar-refractivity contribution in [1.29, 1.82) is 0 Å². The molecule has 5 heteroatoms. The highest BCUT2D eigenvalue weighted by atomic mass is 32.1. The molecule has 0 amide bonds. The van der Waals surface area contributed by atoms with Gasteiger partial charge in [0.2, 0.25) is 0 Å². The third-order valence-electron chi connectivity index (χ3n) is 4.46. The highest BCUT2D eigenvalue weighted by Gasteiger charge is 2.12. The first-order valence-corrected chi connectivity index (χ1v) is 8.95. The van der Waals surface area contributed by atoms with Gasteiger partial charge in [-0.3, -0.25) is 14.2 Å². The minimum absolute atomic E-state index is 0.117. The van der Waals surface area contributed by atoms with Gasteiger partial charge in [0.25, 0.3) is 5.56 Å². The molecule has 0 saturated carbocycles. The van der Waals surface area contributed by atoms with Gasteiger partial charge in [-0.05, 0) is 36.0 Å². The van der Waals surface area contributed by atoms with Crippen molar-refractivity contribution in [2.75, 3.05) is 0 Å². The number of benzene rings is 3. The molecule has 0 aliphatic carbocycles. The van der Waals surface area contributed by atoms with E-state index in [0.717, 1.165) is 5.56 Å². The lowest BCUT2D eigenvalue weighted by atomic mass is 10.0. The van der Waals surface area contributed by atoms with Crippen LogP contribution in [0.25, 0.3) is 10.9 Å². The summed E-state index contributed by atoms with van der Waals surface area (Å²) >= 11 is 5.37. The molecule has 0 fully saturated rings. The third kappa shape index (κ3) is 3.37. The summed E-state index contributed by atoms with van der Waals surface area (Å²) in [5.41, 5.74) is 2.46. The van der Waals surface area contributed by atoms with Crippen LogP contribution in [-0.2, 0) is 6.54 Å². The normalized spacial score (nSPS) is 10.8. The molecule has 0 bridgehead atoms. The van der Waals surface area contributed by atoms with E-state index >= 15 is 0 Å². The van der Waals surface area contributed by atoms with E-state index in [2.05, 4.69) is 4.98 Å². The molecule has 132 valence electrons. The van der Waals surface area contributed by atoms with Gasteiger partial charge < -0.3 is 4.98 Å². The summed E-state index contributed by atoms with van der Waals surface area (Å²) in [4.78, 5) is 28.8. The number of nitrogens with zero attached hydrogens (tertiary/aromatic N) is 1. The fourth-order valence-electron chi connectivity index (χ4n) is 3.06. The molecule has 0 aliphatic heterocycles. The van der Waals surface area contributed by atoms with E-state index in [-0.39, 0.29) is 11.3 Å². The monoisotopic (exact) mass is 372 g/mol. The van der Waals surface area contributed by atoms with Crippen LogP contribution < -0.4 is 5.56 Å². The van der Waals surface area contributed by atoms with Gasteiger partial charge in [0, 0.05) is 11.1 Å². The number of fused-ring (bicyclic) bond motifs is 1. The quantitative estimate of drug-likeness (QED) is 0.428. The molecule has 1 heterocycles. The summed E-state index contributed by atoms with van der Waals surface area (Å²) in [7, 11) is 0. The van der Waals surface area contributed by atoms with Crippen LogP contribution in [-0.4, -0.2) is 15.3 Å². The van der Waals surface area contributed by atoms with Crippen LogP contribution in [0.3, 0.4) is 0 Å². The Morgan fingerprint density at radius 1 is 0.889 bits per heavy atom. The molecule has 27 heavy (non-hydrogen) atoms. The number of carbonyl (C=O) groups excluding carboxylic acids is 1. The van der Waals surface area contributed by atoms with Gasteiger partial charge >= 0.3 is 0 Å². The van der Waals surface area contributed by atoms with E-state index in [4.69, 9.17) is 12.2 Å². The zero-order valence-corrected chi connectivity index (χ0v) is 15.2. The fraction of sp³-hybridized carbons (Fsp3) is 0.0455. The Balaban J connectivity index is 1.82. The van der Waals surface area contributed by atoms with Crippen molar-refractivity contribution in [1.82, 2.24) is 9.55 Å². The van der Waals surface area contributed by atoms with Crippen molar-refractivity contribution in [3.05, 3.63) is 111 Å². The lowest BCUT2D eigenvalue weighted by Gasteiger charge is -2.09. The summed E-state index contributed by atoms with van der Waals surface area (Å²) in [5, 5.41) is 0.446. The van der Waals surface area contributed by atoms with Gasteiger partial charge in [0.1, 0.15) is 0 Å². The predicted octanol–water partition coefficient (Wildman–Crippen LogP) is 4.34. The van der Waals surface area contributed by atoms with Crippen LogP contribution >= 0.6 is 12.2 Å². The average molecular weight is 372 g/mol. The number of carbonyl (C=O) groups is 1. The van der Waals surface area contributed by atoms with E-state index in [0.29, 0.717) is 33.3 Å². The molecule has 0 unspecified atom stereocenters. The molecule has 4 rings (SSSR count). The van der Waals surface area contributed by atoms with Crippen LogP contribution in [0.15, 0.2) is 83.7 Å². The molecule has 1 N–H and O–H groups in total. The first-order valence-electron chi connectivity index (χ1n) is 8.54. The van der Waals surface area contributed by atoms with E-state index in [1.807, 2.05) is 48.5 Å². The lowest BCUT2D eigenvalue weighted by Crippen LogP contribution is -2.23. The van der Waals surface area contributed by atoms with Crippen molar-refractivity contribution in [3.8, 4) is 0 Å². The smallest absolute Gasteiger partial charge is 0.262 e. The Labute approximate surface area is 160 Å². The van der Waals surface area contributed by atoms with Crippen molar-refractivity contribution < 1.29 is 4.79 Å². The number of nitrogens with one attached hydrogen (secondary N) is 1. The fourth-order valence-corrected chi connectivity index (χ4v) is 3.31. The van der Waals surface area contributed by atoms with Crippen LogP contribution in [0.4, 0.5) is 0 Å². The number of hydrogen-bond donors (Lipinski definition) is 1. The zero-order chi connectivity index (χ0) is 18.8. The second kappa shape index (κ2) is 7.13. The van der Waals surface area contributed by atoms with Gasteiger partial charge in [-0.15, -0.1) is 0 Å². The third-order valence-corrected chi connectivity index (χ3v) is 4.79. The number of ketones is 1. The largest absolute Gasteiger partial charge is 0.332 e.